The molecule has 238 valence electrons. The van der Waals surface area contributed by atoms with Crippen LogP contribution in [0, 0.1) is 0 Å². The third-order valence-electron chi connectivity index (χ3n) is 6.92. The van der Waals surface area contributed by atoms with E-state index >= 15 is 0 Å². The summed E-state index contributed by atoms with van der Waals surface area (Å²) < 4.78 is 17.2. The Morgan fingerprint density at radius 2 is 1.47 bits per heavy atom. The lowest BCUT2D eigenvalue weighted by molar-refractivity contribution is -0.122. The molecule has 0 atom stereocenters. The Labute approximate surface area is 278 Å². The van der Waals surface area contributed by atoms with E-state index < -0.39 is 11.9 Å². The molecule has 3 heterocycles. The maximum atomic E-state index is 12.2. The summed E-state index contributed by atoms with van der Waals surface area (Å²) in [6, 6.07) is 21.3. The molecule has 47 heavy (non-hydrogen) atoms. The van der Waals surface area contributed by atoms with E-state index in [9.17, 15) is 19.2 Å². The minimum absolute atomic E-state index is 0.115. The molecule has 12 heteroatoms. The summed E-state index contributed by atoms with van der Waals surface area (Å²) in [7, 11) is 0. The molecule has 6 rings (SSSR count). The number of benzene rings is 3. The lowest BCUT2D eigenvalue weighted by Gasteiger charge is -2.18. The SMILES string of the molecule is CCN1C(=O)C(=Cc2ccc(-c3ccc(C(=O)O)cc3)o2)SC1=S.O=C(O)c1ccc(C=CC(=O)c2ccc3c(c2)OCCO3)cc1. The summed E-state index contributed by atoms with van der Waals surface area (Å²) in [5.74, 6) is 0.128. The Balaban J connectivity index is 0.000000185. The molecular weight excluding hydrogens is 643 g/mol. The Bertz CT molecular complexity index is 1910. The number of ketones is 1. The van der Waals surface area contributed by atoms with Crippen molar-refractivity contribution < 1.29 is 43.3 Å². The number of nitrogens with zero attached hydrogens (tertiary/aromatic N) is 1. The fourth-order valence-electron chi connectivity index (χ4n) is 4.47. The number of aromatic carboxylic acids is 2. The Morgan fingerprint density at radius 3 is 2.09 bits per heavy atom. The van der Waals surface area contributed by atoms with Crippen LogP contribution < -0.4 is 9.47 Å². The van der Waals surface area contributed by atoms with Crippen LogP contribution in [0.5, 0.6) is 11.5 Å². The summed E-state index contributed by atoms with van der Waals surface area (Å²) in [5, 5.41) is 17.8. The Kier molecular flexibility index (Phi) is 10.3. The van der Waals surface area contributed by atoms with E-state index in [1.54, 1.807) is 71.6 Å². The molecule has 1 saturated heterocycles. The third-order valence-corrected chi connectivity index (χ3v) is 8.30. The van der Waals surface area contributed by atoms with Gasteiger partial charge in [-0.3, -0.25) is 14.5 Å². The van der Waals surface area contributed by atoms with Crippen LogP contribution in [0.4, 0.5) is 0 Å². The number of allylic oxidation sites excluding steroid dienone is 1. The third kappa shape index (κ3) is 8.04. The predicted molar refractivity (Wildman–Crippen MR) is 181 cm³/mol. The average Bonchev–Trinajstić information content (AvgIpc) is 3.66. The normalized spacial score (nSPS) is 14.7. The molecule has 1 fully saturated rings. The first-order valence-electron chi connectivity index (χ1n) is 14.3. The summed E-state index contributed by atoms with van der Waals surface area (Å²) in [4.78, 5) is 48.1. The van der Waals surface area contributed by atoms with E-state index in [1.807, 2.05) is 6.92 Å². The largest absolute Gasteiger partial charge is 0.486 e. The van der Waals surface area contributed by atoms with E-state index in [2.05, 4.69) is 0 Å². The molecule has 1 aromatic heterocycles. The van der Waals surface area contributed by atoms with Gasteiger partial charge in [-0.15, -0.1) is 0 Å². The van der Waals surface area contributed by atoms with Crippen molar-refractivity contribution in [3.05, 3.63) is 118 Å². The highest BCUT2D eigenvalue weighted by molar-refractivity contribution is 8.26. The molecule has 0 spiro atoms. The van der Waals surface area contributed by atoms with Gasteiger partial charge in [-0.1, -0.05) is 54.3 Å². The molecular formula is C35H27NO9S2. The van der Waals surface area contributed by atoms with Crippen molar-refractivity contribution >= 4 is 64.1 Å². The number of rotatable bonds is 8. The topological polar surface area (TPSA) is 144 Å². The van der Waals surface area contributed by atoms with Crippen molar-refractivity contribution in [1.82, 2.24) is 4.90 Å². The number of carboxylic acids is 2. The highest BCUT2D eigenvalue weighted by Gasteiger charge is 2.31. The van der Waals surface area contributed by atoms with E-state index in [4.69, 9.17) is 36.3 Å². The zero-order chi connectivity index (χ0) is 33.5. The number of carboxylic acid groups (broad SMARTS) is 2. The molecule has 10 nitrogen and oxygen atoms in total. The van der Waals surface area contributed by atoms with Crippen molar-refractivity contribution in [3.8, 4) is 22.8 Å². The van der Waals surface area contributed by atoms with Crippen LogP contribution in [0.3, 0.4) is 0 Å². The van der Waals surface area contributed by atoms with Gasteiger partial charge in [0.2, 0.25) is 0 Å². The molecule has 3 aromatic carbocycles. The van der Waals surface area contributed by atoms with Gasteiger partial charge in [-0.25, -0.2) is 9.59 Å². The monoisotopic (exact) mass is 669 g/mol. The van der Waals surface area contributed by atoms with Crippen LogP contribution in [0.1, 0.15) is 49.3 Å². The van der Waals surface area contributed by atoms with Crippen LogP contribution in [-0.4, -0.2) is 62.8 Å². The van der Waals surface area contributed by atoms with Crippen molar-refractivity contribution in [1.29, 1.82) is 0 Å². The molecule has 1 amide bonds. The quantitative estimate of drug-likeness (QED) is 0.115. The van der Waals surface area contributed by atoms with Gasteiger partial charge in [0.05, 0.1) is 16.0 Å². The Hall–Kier alpha value is -5.46. The second-order valence-electron chi connectivity index (χ2n) is 9.99. The smallest absolute Gasteiger partial charge is 0.335 e. The van der Waals surface area contributed by atoms with Crippen molar-refractivity contribution in [3.63, 3.8) is 0 Å². The van der Waals surface area contributed by atoms with Crippen molar-refractivity contribution in [2.24, 2.45) is 0 Å². The van der Waals surface area contributed by atoms with Gasteiger partial charge in [-0.05, 0) is 73.2 Å². The molecule has 2 aliphatic heterocycles. The fraction of sp³-hybridized carbons (Fsp3) is 0.114. The zero-order valence-electron chi connectivity index (χ0n) is 24.9. The average molecular weight is 670 g/mol. The number of fused-ring (bicyclic) bond motifs is 1. The number of hydrogen-bond acceptors (Lipinski definition) is 9. The Morgan fingerprint density at radius 1 is 0.851 bits per heavy atom. The minimum atomic E-state index is -0.979. The highest BCUT2D eigenvalue weighted by Crippen LogP contribution is 2.34. The van der Waals surface area contributed by atoms with Gasteiger partial charge < -0.3 is 24.1 Å². The van der Waals surface area contributed by atoms with Gasteiger partial charge in [0.25, 0.3) is 5.91 Å². The number of hydrogen-bond donors (Lipinski definition) is 2. The van der Waals surface area contributed by atoms with Gasteiger partial charge in [-0.2, -0.15) is 0 Å². The van der Waals surface area contributed by atoms with Gasteiger partial charge in [0, 0.05) is 23.7 Å². The molecule has 2 aliphatic rings. The van der Waals surface area contributed by atoms with Crippen molar-refractivity contribution in [2.75, 3.05) is 19.8 Å². The number of furan rings is 1. The molecule has 0 bridgehead atoms. The van der Waals surface area contributed by atoms with Crippen LogP contribution in [-0.2, 0) is 4.79 Å². The second kappa shape index (κ2) is 14.8. The van der Waals surface area contributed by atoms with Crippen molar-refractivity contribution in [2.45, 2.75) is 6.92 Å². The molecule has 0 radical (unpaired) electrons. The van der Waals surface area contributed by atoms with Crippen LogP contribution in [0.25, 0.3) is 23.5 Å². The maximum absolute atomic E-state index is 12.2. The van der Waals surface area contributed by atoms with Crippen LogP contribution in [0.15, 0.2) is 94.3 Å². The van der Waals surface area contributed by atoms with Crippen LogP contribution >= 0.6 is 24.0 Å². The standard InChI is InChI=1S/C18H14O5.C17H13NO4S2/c19-15(7-3-12-1-4-13(5-2-12)18(20)21)14-6-8-16-17(11-14)23-10-9-22-16;1-2-18-15(19)14(24-17(18)23)9-12-7-8-13(22-12)10-3-5-11(6-4-10)16(20)21/h1-8,11H,9-10H2,(H,20,21);3-9H,2H2,1H3,(H,20,21). The lowest BCUT2D eigenvalue weighted by Crippen LogP contribution is -2.27. The second-order valence-corrected chi connectivity index (χ2v) is 11.7. The fourth-order valence-corrected chi connectivity index (χ4v) is 5.83. The number of thioether (sulfide) groups is 1. The molecule has 2 N–H and O–H groups in total. The summed E-state index contributed by atoms with van der Waals surface area (Å²) in [6.07, 6.45) is 4.76. The number of likely N-dealkylation sites (N-methyl/N-ethyl adjacent to an activating group) is 1. The molecule has 0 aliphatic carbocycles. The molecule has 0 unspecified atom stereocenters. The minimum Gasteiger partial charge on any atom is -0.486 e. The number of amides is 1. The maximum Gasteiger partial charge on any atom is 0.335 e. The van der Waals surface area contributed by atoms with E-state index in [0.717, 1.165) is 11.1 Å². The summed E-state index contributed by atoms with van der Waals surface area (Å²) in [5.41, 5.74) is 2.45. The van der Waals surface area contributed by atoms with Gasteiger partial charge in [0.1, 0.15) is 29.1 Å². The summed E-state index contributed by atoms with van der Waals surface area (Å²) >= 11 is 6.43. The first-order valence-corrected chi connectivity index (χ1v) is 15.5. The first kappa shape index (κ1) is 32.9. The van der Waals surface area contributed by atoms with E-state index in [-0.39, 0.29) is 22.8 Å². The van der Waals surface area contributed by atoms with E-state index in [0.29, 0.717) is 57.6 Å². The summed E-state index contributed by atoms with van der Waals surface area (Å²) in [6.45, 7) is 3.39. The number of carbonyl (C=O) groups is 4. The highest BCUT2D eigenvalue weighted by atomic mass is 32.2. The van der Waals surface area contributed by atoms with Gasteiger partial charge in [0.15, 0.2) is 17.3 Å². The molecule has 0 saturated carbocycles. The number of thiocarbonyl (C=S) groups is 1. The van der Waals surface area contributed by atoms with E-state index in [1.165, 1.54) is 42.1 Å². The number of carbonyl (C=O) groups excluding carboxylic acids is 2. The lowest BCUT2D eigenvalue weighted by atomic mass is 10.1. The molecule has 4 aromatic rings. The van der Waals surface area contributed by atoms with Crippen LogP contribution in [0.2, 0.25) is 0 Å². The zero-order valence-corrected chi connectivity index (χ0v) is 26.5. The first-order chi connectivity index (χ1) is 22.6. The predicted octanol–water partition coefficient (Wildman–Crippen LogP) is 6.92. The number of ether oxygens (including phenoxy) is 2. The van der Waals surface area contributed by atoms with Gasteiger partial charge >= 0.3 is 11.9 Å².